The minimum absolute atomic E-state index is 0.195. The first-order valence-electron chi connectivity index (χ1n) is 8.67. The number of nitrogens with zero attached hydrogens (tertiary/aromatic N) is 2. The number of aromatic carboxylic acids is 1. The summed E-state index contributed by atoms with van der Waals surface area (Å²) in [6.45, 7) is 2.15. The number of nitroso groups, excluding NO2 is 1. The molecular weight excluding hydrogens is 376 g/mol. The summed E-state index contributed by atoms with van der Waals surface area (Å²) < 4.78 is 0. The third kappa shape index (κ3) is 5.95. The molecule has 0 fully saturated rings. The Kier molecular flexibility index (Phi) is 8.23. The lowest BCUT2D eigenvalue weighted by Gasteiger charge is -2.17. The van der Waals surface area contributed by atoms with Crippen LogP contribution in [0.25, 0.3) is 5.57 Å². The molecule has 0 saturated carbocycles. The molecule has 28 heavy (non-hydrogen) atoms. The summed E-state index contributed by atoms with van der Waals surface area (Å²) in [5.74, 6) is -1.02. The Bertz CT molecular complexity index is 963. The van der Waals surface area contributed by atoms with E-state index in [9.17, 15) is 19.9 Å². The molecule has 6 nitrogen and oxygen atoms in total. The molecule has 1 heterocycles. The number of carbonyl (C=O) groups is 1. The zero-order valence-electron chi connectivity index (χ0n) is 15.4. The van der Waals surface area contributed by atoms with Crippen molar-refractivity contribution in [3.8, 4) is 0 Å². The molecule has 7 heteroatoms. The van der Waals surface area contributed by atoms with Gasteiger partial charge >= 0.3 is 5.97 Å². The van der Waals surface area contributed by atoms with Crippen LogP contribution < -0.4 is 4.90 Å². The summed E-state index contributed by atoms with van der Waals surface area (Å²) in [6, 6.07) is 1.82. The number of hydrogen-bond donors (Lipinski definition) is 2. The van der Waals surface area contributed by atoms with Gasteiger partial charge in [-0.2, -0.15) is 0 Å². The van der Waals surface area contributed by atoms with Crippen molar-refractivity contribution in [2.75, 3.05) is 11.4 Å². The van der Waals surface area contributed by atoms with E-state index in [1.807, 2.05) is 19.1 Å². The molecule has 0 spiro atoms. The lowest BCUT2D eigenvalue weighted by atomic mass is 9.96. The van der Waals surface area contributed by atoms with Gasteiger partial charge < -0.3 is 15.1 Å². The van der Waals surface area contributed by atoms with Gasteiger partial charge in [0.05, 0.1) is 18.0 Å². The highest BCUT2D eigenvalue weighted by Gasteiger charge is 2.22. The van der Waals surface area contributed by atoms with Crippen LogP contribution in [0, 0.1) is 4.91 Å². The highest BCUT2D eigenvalue weighted by atomic mass is 32.1. The van der Waals surface area contributed by atoms with Crippen LogP contribution >= 0.6 is 11.3 Å². The first-order chi connectivity index (χ1) is 13.6. The summed E-state index contributed by atoms with van der Waals surface area (Å²) in [5, 5.41) is 21.9. The fourth-order valence-electron chi connectivity index (χ4n) is 2.64. The van der Waals surface area contributed by atoms with Gasteiger partial charge in [-0.3, -0.25) is 0 Å². The number of rotatable bonds is 7. The van der Waals surface area contributed by atoms with Crippen LogP contribution in [0.15, 0.2) is 64.8 Å². The SMILES string of the molecule is CC=C=C=CCN(C=C=C=CN=O)c1cc(C2=CCC(O)CC2)sc1C(=O)O. The Morgan fingerprint density at radius 3 is 2.86 bits per heavy atom. The van der Waals surface area contributed by atoms with Crippen LogP contribution in [0.4, 0.5) is 5.69 Å². The molecule has 2 N–H and O–H groups in total. The second kappa shape index (κ2) is 10.9. The van der Waals surface area contributed by atoms with Crippen molar-refractivity contribution in [2.45, 2.75) is 32.3 Å². The first-order valence-corrected chi connectivity index (χ1v) is 9.48. The van der Waals surface area contributed by atoms with Crippen LogP contribution in [-0.4, -0.2) is 28.8 Å². The van der Waals surface area contributed by atoms with Crippen LogP contribution in [0.2, 0.25) is 0 Å². The highest BCUT2D eigenvalue weighted by molar-refractivity contribution is 7.15. The highest BCUT2D eigenvalue weighted by Crippen LogP contribution is 2.38. The van der Waals surface area contributed by atoms with Crippen LogP contribution in [0.3, 0.4) is 0 Å². The Morgan fingerprint density at radius 1 is 1.39 bits per heavy atom. The minimum atomic E-state index is -1.02. The summed E-state index contributed by atoms with van der Waals surface area (Å²) >= 11 is 1.20. The lowest BCUT2D eigenvalue weighted by Crippen LogP contribution is -2.17. The van der Waals surface area contributed by atoms with E-state index < -0.39 is 5.97 Å². The van der Waals surface area contributed by atoms with E-state index in [-0.39, 0.29) is 11.0 Å². The summed E-state index contributed by atoms with van der Waals surface area (Å²) in [5.41, 5.74) is 12.4. The van der Waals surface area contributed by atoms with Crippen molar-refractivity contribution in [1.82, 2.24) is 0 Å². The molecule has 1 aliphatic carbocycles. The summed E-state index contributed by atoms with van der Waals surface area (Å²) in [4.78, 5) is 24.7. The van der Waals surface area contributed by atoms with Crippen molar-refractivity contribution < 1.29 is 15.0 Å². The third-order valence-corrected chi connectivity index (χ3v) is 5.14. The van der Waals surface area contributed by atoms with Gasteiger partial charge in [0.2, 0.25) is 0 Å². The number of allylic oxidation sites excluding steroid dienone is 2. The van der Waals surface area contributed by atoms with Gasteiger partial charge in [-0.25, -0.2) is 4.79 Å². The van der Waals surface area contributed by atoms with E-state index >= 15 is 0 Å². The fraction of sp³-hybridized carbons (Fsp3) is 0.286. The first kappa shape index (κ1) is 21.2. The maximum Gasteiger partial charge on any atom is 0.348 e. The standard InChI is InChI=1S/C21H20N2O4S/c1-2-3-4-6-13-23(14-7-5-12-22-27)18-15-19(28-20(18)21(25)26)16-8-10-17(24)11-9-16/h2,6,8,12,14-15,17,24H,9-11,13H2,1H3,(H,25,26). The van der Waals surface area contributed by atoms with Crippen molar-refractivity contribution in [3.05, 3.63) is 74.3 Å². The summed E-state index contributed by atoms with van der Waals surface area (Å²) in [6.07, 6.45) is 9.41. The number of carboxylic acids is 1. The van der Waals surface area contributed by atoms with Gasteiger partial charge in [0.25, 0.3) is 0 Å². The quantitative estimate of drug-likeness (QED) is 0.519. The van der Waals surface area contributed by atoms with Gasteiger partial charge in [-0.05, 0) is 60.9 Å². The average molecular weight is 396 g/mol. The number of aliphatic hydroxyl groups is 1. The maximum atomic E-state index is 11.8. The Labute approximate surface area is 167 Å². The number of hydrogen-bond acceptors (Lipinski definition) is 6. The Hall–Kier alpha value is -3.13. The van der Waals surface area contributed by atoms with Crippen LogP contribution in [-0.2, 0) is 0 Å². The van der Waals surface area contributed by atoms with Gasteiger partial charge in [-0.1, -0.05) is 23.3 Å². The van der Waals surface area contributed by atoms with E-state index in [1.165, 1.54) is 17.5 Å². The average Bonchev–Trinajstić information content (AvgIpc) is 3.13. The Morgan fingerprint density at radius 2 is 2.21 bits per heavy atom. The molecule has 0 amide bonds. The van der Waals surface area contributed by atoms with Gasteiger partial charge in [-0.15, -0.1) is 16.2 Å². The van der Waals surface area contributed by atoms with Gasteiger partial charge in [0.15, 0.2) is 0 Å². The second-order valence-corrected chi connectivity index (χ2v) is 6.93. The second-order valence-electron chi connectivity index (χ2n) is 5.87. The molecule has 1 atom stereocenters. The van der Waals surface area contributed by atoms with E-state index in [4.69, 9.17) is 0 Å². The van der Waals surface area contributed by atoms with Crippen molar-refractivity contribution in [1.29, 1.82) is 0 Å². The topological polar surface area (TPSA) is 90.2 Å². The molecule has 0 bridgehead atoms. The maximum absolute atomic E-state index is 11.8. The predicted molar refractivity (Wildman–Crippen MR) is 110 cm³/mol. The number of aliphatic hydroxyl groups excluding tert-OH is 1. The molecule has 1 unspecified atom stereocenters. The zero-order valence-corrected chi connectivity index (χ0v) is 16.2. The monoisotopic (exact) mass is 396 g/mol. The van der Waals surface area contributed by atoms with Gasteiger partial charge in [0, 0.05) is 11.4 Å². The summed E-state index contributed by atoms with van der Waals surface area (Å²) in [7, 11) is 0. The normalized spacial score (nSPS) is 14.9. The molecule has 0 aromatic carbocycles. The van der Waals surface area contributed by atoms with E-state index in [0.717, 1.165) is 16.7 Å². The molecular formula is C21H20N2O4S. The smallest absolute Gasteiger partial charge is 0.348 e. The molecule has 0 radical (unpaired) electrons. The fourth-order valence-corrected chi connectivity index (χ4v) is 3.71. The lowest BCUT2D eigenvalue weighted by molar-refractivity contribution is 0.0703. The molecule has 1 aromatic rings. The number of anilines is 1. The minimum Gasteiger partial charge on any atom is -0.477 e. The molecule has 1 aliphatic rings. The molecule has 0 aliphatic heterocycles. The largest absolute Gasteiger partial charge is 0.477 e. The zero-order chi connectivity index (χ0) is 20.4. The molecule has 0 saturated heterocycles. The number of thiophene rings is 1. The molecule has 1 aromatic heterocycles. The Balaban J connectivity index is 2.49. The van der Waals surface area contributed by atoms with Crippen LogP contribution in [0.5, 0.6) is 0 Å². The number of carboxylic acid groups (broad SMARTS) is 1. The van der Waals surface area contributed by atoms with Crippen molar-refractivity contribution in [2.24, 2.45) is 5.18 Å². The van der Waals surface area contributed by atoms with E-state index in [0.29, 0.717) is 31.5 Å². The van der Waals surface area contributed by atoms with Gasteiger partial charge in [0.1, 0.15) is 11.1 Å². The van der Waals surface area contributed by atoms with E-state index in [1.54, 1.807) is 17.1 Å². The molecule has 2 rings (SSSR count). The van der Waals surface area contributed by atoms with Crippen LogP contribution in [0.1, 0.15) is 40.7 Å². The molecule has 144 valence electrons. The predicted octanol–water partition coefficient (Wildman–Crippen LogP) is 4.62. The van der Waals surface area contributed by atoms with E-state index in [2.05, 4.69) is 28.1 Å². The third-order valence-electron chi connectivity index (χ3n) is 3.95. The van der Waals surface area contributed by atoms with Crippen molar-refractivity contribution >= 4 is 28.6 Å². The van der Waals surface area contributed by atoms with Crippen molar-refractivity contribution in [3.63, 3.8) is 0 Å².